The Labute approximate surface area is 365 Å². The standard InChI is InChI=1S/C44H49N5O15/c1-5-24-25-16-23(8-9-29(25)46-33-26(24)18-49-31(33)17-28-27(38(49)53)20-60-41(56)44(28,59)6-2)62-43(58)48-13-11-47(12-14-48)42(57)61-19-22-7-10-32(30(15-22)45-21(3)4)63-40-36(52)34(50)35(51)37(64-40)39(54)55/h7-10,15-17,21,34-37,40,45,50-52,59H,5-6,11-14,18-20H2,1-4H3,(H,54,55)/t34-,35-,36+,37-,40+,44-/m0/s1. The number of hydrogen-bond acceptors (Lipinski definition) is 16. The molecule has 64 heavy (non-hydrogen) atoms. The molecule has 2 saturated heterocycles. The minimum atomic E-state index is -1.94. The second-order valence-electron chi connectivity index (χ2n) is 16.4. The zero-order chi connectivity index (χ0) is 45.8. The second kappa shape index (κ2) is 17.3. The van der Waals surface area contributed by atoms with E-state index in [1.165, 1.54) is 15.9 Å². The second-order valence-corrected chi connectivity index (χ2v) is 16.4. The van der Waals surface area contributed by atoms with Crippen molar-refractivity contribution in [2.45, 2.75) is 103 Å². The Kier molecular flexibility index (Phi) is 12.0. The highest BCUT2D eigenvalue weighted by Gasteiger charge is 2.49. The molecular formula is C44H49N5O15. The molecule has 0 saturated carbocycles. The van der Waals surface area contributed by atoms with Crippen LogP contribution in [0.25, 0.3) is 22.3 Å². The van der Waals surface area contributed by atoms with Crippen LogP contribution < -0.4 is 20.3 Å². The molecule has 6 N–H and O–H groups in total. The number of pyridine rings is 2. The van der Waals surface area contributed by atoms with Crippen molar-refractivity contribution in [1.29, 1.82) is 0 Å². The van der Waals surface area contributed by atoms with E-state index in [0.29, 0.717) is 34.6 Å². The van der Waals surface area contributed by atoms with Crippen molar-refractivity contribution in [1.82, 2.24) is 19.4 Å². The number of fused-ring (bicyclic) bond motifs is 5. The van der Waals surface area contributed by atoms with Gasteiger partial charge in [0.2, 0.25) is 6.29 Å². The molecule has 6 atom stereocenters. The summed E-state index contributed by atoms with van der Waals surface area (Å²) in [5.74, 6) is -1.91. The number of carbonyl (C=O) groups is 4. The fraction of sp³-hybridized carbons (Fsp3) is 0.455. The summed E-state index contributed by atoms with van der Waals surface area (Å²) < 4.78 is 29.2. The number of aliphatic carboxylic acids is 1. The Bertz CT molecular complexity index is 2590. The van der Waals surface area contributed by atoms with Gasteiger partial charge in [-0.05, 0) is 74.2 Å². The van der Waals surface area contributed by atoms with Crippen molar-refractivity contribution in [2.24, 2.45) is 0 Å². The number of amides is 2. The van der Waals surface area contributed by atoms with Gasteiger partial charge in [-0.15, -0.1) is 0 Å². The van der Waals surface area contributed by atoms with Gasteiger partial charge in [0.1, 0.15) is 43.0 Å². The molecule has 20 nitrogen and oxygen atoms in total. The molecule has 340 valence electrons. The smallest absolute Gasteiger partial charge is 0.415 e. The molecule has 0 unspecified atom stereocenters. The zero-order valence-corrected chi connectivity index (χ0v) is 35.5. The van der Waals surface area contributed by atoms with Gasteiger partial charge in [-0.3, -0.25) is 4.79 Å². The summed E-state index contributed by atoms with van der Waals surface area (Å²) in [6.45, 7) is 7.92. The summed E-state index contributed by atoms with van der Waals surface area (Å²) >= 11 is 0. The maximum Gasteiger partial charge on any atom is 0.415 e. The molecule has 0 radical (unpaired) electrons. The SMILES string of the molecule is CCc1c2c(nc3ccc(OC(=O)N4CCN(C(=O)OCc5ccc(O[C@@H]6O[C@H](C(=O)O)[C@@H](O)[C@H](O)[C@H]6O)c(NC(C)C)c5)CC4)cc13)-c1cc3c(c(=O)n1C2)COC(=O)[C@]3(O)CC. The highest BCUT2D eigenvalue weighted by Crippen LogP contribution is 2.41. The number of esters is 1. The van der Waals surface area contributed by atoms with Gasteiger partial charge in [-0.25, -0.2) is 24.2 Å². The van der Waals surface area contributed by atoms with Crippen LogP contribution in [0.15, 0.2) is 47.3 Å². The van der Waals surface area contributed by atoms with Crippen LogP contribution in [-0.2, 0) is 55.6 Å². The monoisotopic (exact) mass is 887 g/mol. The highest BCUT2D eigenvalue weighted by molar-refractivity contribution is 5.90. The first-order valence-corrected chi connectivity index (χ1v) is 21.0. The number of carboxylic acids is 1. The summed E-state index contributed by atoms with van der Waals surface area (Å²) in [7, 11) is 0. The molecular weight excluding hydrogens is 839 g/mol. The lowest BCUT2D eigenvalue weighted by atomic mass is 9.86. The fourth-order valence-electron chi connectivity index (χ4n) is 8.55. The number of aliphatic hydroxyl groups is 4. The number of anilines is 1. The molecule has 2 amide bonds. The molecule has 4 aliphatic rings. The van der Waals surface area contributed by atoms with Crippen LogP contribution in [0.4, 0.5) is 15.3 Å². The lowest BCUT2D eigenvalue weighted by Crippen LogP contribution is -2.61. The lowest BCUT2D eigenvalue weighted by Gasteiger charge is -2.38. The Morgan fingerprint density at radius 2 is 1.66 bits per heavy atom. The third-order valence-electron chi connectivity index (χ3n) is 12.0. The van der Waals surface area contributed by atoms with Crippen LogP contribution >= 0.6 is 0 Å². The lowest BCUT2D eigenvalue weighted by molar-refractivity contribution is -0.271. The van der Waals surface area contributed by atoms with Gasteiger partial charge in [-0.2, -0.15) is 0 Å². The van der Waals surface area contributed by atoms with Crippen LogP contribution in [0.3, 0.4) is 0 Å². The van der Waals surface area contributed by atoms with Crippen LogP contribution in [-0.4, -0.2) is 132 Å². The molecule has 4 aliphatic heterocycles. The number of hydrogen-bond donors (Lipinski definition) is 6. The third kappa shape index (κ3) is 7.95. The van der Waals surface area contributed by atoms with Crippen LogP contribution in [0, 0.1) is 0 Å². The van der Waals surface area contributed by atoms with E-state index in [-0.39, 0.29) is 86.6 Å². The molecule has 2 aromatic carbocycles. The van der Waals surface area contributed by atoms with Crippen molar-refractivity contribution >= 4 is 40.7 Å². The van der Waals surface area contributed by atoms with Gasteiger partial charge in [0.25, 0.3) is 5.56 Å². The van der Waals surface area contributed by atoms with E-state index in [1.54, 1.807) is 47.9 Å². The Balaban J connectivity index is 0.891. The summed E-state index contributed by atoms with van der Waals surface area (Å²) in [5, 5.41) is 55.2. The first kappa shape index (κ1) is 44.3. The van der Waals surface area contributed by atoms with Crippen LogP contribution in [0.5, 0.6) is 11.5 Å². The molecule has 0 spiro atoms. The van der Waals surface area contributed by atoms with Crippen molar-refractivity contribution in [2.75, 3.05) is 31.5 Å². The number of ether oxygens (including phenoxy) is 5. The van der Waals surface area contributed by atoms with Crippen LogP contribution in [0.2, 0.25) is 0 Å². The number of carboxylic acid groups (broad SMARTS) is 1. The van der Waals surface area contributed by atoms with E-state index in [1.807, 2.05) is 20.8 Å². The molecule has 2 fully saturated rings. The predicted molar refractivity (Wildman–Crippen MR) is 223 cm³/mol. The van der Waals surface area contributed by atoms with Crippen molar-refractivity contribution in [3.8, 4) is 22.9 Å². The Morgan fingerprint density at radius 1 is 0.938 bits per heavy atom. The normalized spacial score (nSPS) is 23.8. The number of nitrogens with one attached hydrogen (secondary N) is 1. The molecule has 4 aromatic rings. The van der Waals surface area contributed by atoms with E-state index in [4.69, 9.17) is 28.7 Å². The molecule has 2 aromatic heterocycles. The first-order valence-electron chi connectivity index (χ1n) is 21.0. The predicted octanol–water partition coefficient (Wildman–Crippen LogP) is 2.19. The molecule has 8 rings (SSSR count). The number of benzene rings is 2. The average molecular weight is 888 g/mol. The number of carbonyl (C=O) groups excluding carboxylic acids is 3. The number of aryl methyl sites for hydroxylation is 1. The summed E-state index contributed by atoms with van der Waals surface area (Å²) in [5.41, 5.74) is 2.55. The molecule has 0 aliphatic carbocycles. The number of piperazine rings is 1. The average Bonchev–Trinajstić information content (AvgIpc) is 3.65. The van der Waals surface area contributed by atoms with Gasteiger partial charge in [0.15, 0.2) is 11.7 Å². The van der Waals surface area contributed by atoms with E-state index in [0.717, 1.165) is 16.5 Å². The van der Waals surface area contributed by atoms with Crippen LogP contribution in [0.1, 0.15) is 61.9 Å². The quantitative estimate of drug-likeness (QED) is 0.110. The van der Waals surface area contributed by atoms with E-state index in [2.05, 4.69) is 5.32 Å². The van der Waals surface area contributed by atoms with E-state index in [9.17, 15) is 49.5 Å². The molecule has 20 heteroatoms. The maximum absolute atomic E-state index is 13.7. The minimum absolute atomic E-state index is 0.0339. The summed E-state index contributed by atoms with van der Waals surface area (Å²) in [4.78, 5) is 72.2. The number of aromatic nitrogens is 2. The van der Waals surface area contributed by atoms with E-state index >= 15 is 0 Å². The van der Waals surface area contributed by atoms with E-state index < -0.39 is 60.4 Å². The number of cyclic esters (lactones) is 1. The van der Waals surface area contributed by atoms with Gasteiger partial charge in [-0.1, -0.05) is 19.9 Å². The van der Waals surface area contributed by atoms with Gasteiger partial charge < -0.3 is 68.9 Å². The number of nitrogens with zero attached hydrogens (tertiary/aromatic N) is 4. The largest absolute Gasteiger partial charge is 0.479 e. The van der Waals surface area contributed by atoms with Crippen molar-refractivity contribution < 1.29 is 68.4 Å². The first-order chi connectivity index (χ1) is 30.5. The van der Waals surface area contributed by atoms with Gasteiger partial charge in [0.05, 0.1) is 34.7 Å². The Hall–Kier alpha value is -6.32. The van der Waals surface area contributed by atoms with Gasteiger partial charge in [0, 0.05) is 48.7 Å². The molecule has 6 heterocycles. The summed E-state index contributed by atoms with van der Waals surface area (Å²) in [6.07, 6.45) is -9.53. The van der Waals surface area contributed by atoms with Crippen molar-refractivity contribution in [3.63, 3.8) is 0 Å². The fourth-order valence-corrected chi connectivity index (χ4v) is 8.55. The highest BCUT2D eigenvalue weighted by atomic mass is 16.7. The van der Waals surface area contributed by atoms with Gasteiger partial charge >= 0.3 is 24.1 Å². The Morgan fingerprint density at radius 3 is 2.33 bits per heavy atom. The zero-order valence-electron chi connectivity index (χ0n) is 35.5. The molecule has 0 bridgehead atoms. The maximum atomic E-state index is 13.7. The third-order valence-corrected chi connectivity index (χ3v) is 12.0. The van der Waals surface area contributed by atoms with Crippen molar-refractivity contribution in [3.05, 3.63) is 80.6 Å². The number of aliphatic hydroxyl groups excluding tert-OH is 3. The topological polar surface area (TPSA) is 269 Å². The summed E-state index contributed by atoms with van der Waals surface area (Å²) in [6, 6.07) is 11.4. The minimum Gasteiger partial charge on any atom is -0.479 e. The number of rotatable bonds is 10.